The third kappa shape index (κ3) is 5.63. The van der Waals surface area contributed by atoms with Gasteiger partial charge < -0.3 is 14.6 Å². The monoisotopic (exact) mass is 518 g/mol. The number of unbranched alkanes of at least 4 members (excludes halogenated alkanes) is 1. The summed E-state index contributed by atoms with van der Waals surface area (Å²) in [6, 6.07) is 17.8. The number of amides is 1. The van der Waals surface area contributed by atoms with Crippen molar-refractivity contribution in [3.05, 3.63) is 66.0 Å². The zero-order valence-electron chi connectivity index (χ0n) is 18.7. The van der Waals surface area contributed by atoms with Crippen LogP contribution in [0.1, 0.15) is 31.2 Å². The molecule has 1 N–H and O–H groups in total. The lowest BCUT2D eigenvalue weighted by molar-refractivity contribution is -0.115. The van der Waals surface area contributed by atoms with Crippen LogP contribution in [0.5, 0.6) is 0 Å². The van der Waals surface area contributed by atoms with Gasteiger partial charge in [0.25, 0.3) is 9.70 Å². The fraction of sp³-hybridized carbons (Fsp3) is 0.320. The number of pyridine rings is 1. The molecule has 2 aromatic heterocycles. The van der Waals surface area contributed by atoms with Crippen molar-refractivity contribution in [3.63, 3.8) is 0 Å². The van der Waals surface area contributed by atoms with Crippen molar-refractivity contribution in [2.75, 3.05) is 11.9 Å². The van der Waals surface area contributed by atoms with Gasteiger partial charge in [0.15, 0.2) is 5.82 Å². The summed E-state index contributed by atoms with van der Waals surface area (Å²) < 4.78 is 6.01. The lowest BCUT2D eigenvalue weighted by Gasteiger charge is -2.14. The zero-order valence-corrected chi connectivity index (χ0v) is 21.0. The average Bonchev–Trinajstić information content (AvgIpc) is 3.19. The van der Waals surface area contributed by atoms with Crippen molar-refractivity contribution >= 4 is 68.5 Å². The molecule has 4 rings (SSSR count). The summed E-state index contributed by atoms with van der Waals surface area (Å²) in [4.78, 5) is 21.9. The summed E-state index contributed by atoms with van der Waals surface area (Å²) in [6.45, 7) is 3.78. The van der Waals surface area contributed by atoms with Crippen LogP contribution in [0.25, 0.3) is 21.9 Å². The van der Waals surface area contributed by atoms with Gasteiger partial charge in [-0.25, -0.2) is 9.97 Å². The summed E-state index contributed by atoms with van der Waals surface area (Å²) in [7, 11) is 0. The molecule has 0 unspecified atom stereocenters. The van der Waals surface area contributed by atoms with Gasteiger partial charge in [-0.1, -0.05) is 96.7 Å². The number of alkyl halides is 3. The smallest absolute Gasteiger partial charge is 0.277 e. The Labute approximate surface area is 213 Å². The first-order chi connectivity index (χ1) is 16.4. The topological polar surface area (TPSA) is 69.0 Å². The molecule has 0 aliphatic heterocycles. The quantitative estimate of drug-likeness (QED) is 0.204. The summed E-state index contributed by atoms with van der Waals surface area (Å²) in [5.74, 6) is 0.395. The Balaban J connectivity index is 1.73. The number of hydrogen-bond acceptors (Lipinski definition) is 4. The number of fused-ring (bicyclic) bond motifs is 3. The molecule has 0 saturated carbocycles. The molecule has 34 heavy (non-hydrogen) atoms. The third-order valence-electron chi connectivity index (χ3n) is 5.48. The minimum atomic E-state index is -2.11. The normalized spacial score (nSPS) is 11.9. The second-order valence-electron chi connectivity index (χ2n) is 7.95. The van der Waals surface area contributed by atoms with E-state index in [1.807, 2.05) is 54.6 Å². The first kappa shape index (κ1) is 24.7. The first-order valence-electron chi connectivity index (χ1n) is 11.2. The van der Waals surface area contributed by atoms with Crippen LogP contribution < -0.4 is 5.32 Å². The predicted molar refractivity (Wildman–Crippen MR) is 139 cm³/mol. The highest BCUT2D eigenvalue weighted by atomic mass is 35.6. The highest BCUT2D eigenvalue weighted by molar-refractivity contribution is 6.76. The predicted octanol–water partition coefficient (Wildman–Crippen LogP) is 6.45. The highest BCUT2D eigenvalue weighted by Gasteiger charge is 2.32. The van der Waals surface area contributed by atoms with Crippen LogP contribution in [0.3, 0.4) is 0 Å². The van der Waals surface area contributed by atoms with Crippen LogP contribution in [0.4, 0.5) is 5.82 Å². The Hall–Kier alpha value is -2.38. The number of rotatable bonds is 9. The Morgan fingerprint density at radius 2 is 1.79 bits per heavy atom. The first-order valence-corrected chi connectivity index (χ1v) is 12.3. The van der Waals surface area contributed by atoms with Gasteiger partial charge in [-0.05, 0) is 18.1 Å². The Kier molecular flexibility index (Phi) is 7.94. The van der Waals surface area contributed by atoms with Crippen molar-refractivity contribution in [2.24, 2.45) is 0 Å². The number of aromatic nitrogens is 3. The Bertz CT molecular complexity index is 1290. The molecule has 0 bridgehead atoms. The van der Waals surface area contributed by atoms with Crippen molar-refractivity contribution in [1.29, 1.82) is 0 Å². The molecule has 0 aliphatic rings. The fourth-order valence-corrected chi connectivity index (χ4v) is 3.98. The molecule has 0 radical (unpaired) electrons. The average molecular weight is 520 g/mol. The van der Waals surface area contributed by atoms with E-state index in [1.54, 1.807) is 0 Å². The standard InChI is InChI=1S/C25H25Cl3N4O2/c1-2-3-13-20-30-21-22(32(20)14-15-34-16-17-9-5-4-6-10-17)18-11-7-8-12-19(18)29-23(21)31-24(33)25(26,27)28/h4-12H,2-3,13-16H2,1H3,(H,29,31,33). The third-order valence-corrected chi connectivity index (χ3v) is 5.99. The largest absolute Gasteiger partial charge is 0.375 e. The van der Waals surface area contributed by atoms with Crippen molar-refractivity contribution in [2.45, 2.75) is 43.1 Å². The Morgan fingerprint density at radius 1 is 1.06 bits per heavy atom. The minimum absolute atomic E-state index is 0.270. The summed E-state index contributed by atoms with van der Waals surface area (Å²) in [5, 5.41) is 3.58. The maximum Gasteiger partial charge on any atom is 0.277 e. The van der Waals surface area contributed by atoms with E-state index in [9.17, 15) is 4.79 Å². The van der Waals surface area contributed by atoms with Gasteiger partial charge in [0.2, 0.25) is 0 Å². The summed E-state index contributed by atoms with van der Waals surface area (Å²) in [6.07, 6.45) is 2.80. The molecule has 9 heteroatoms. The van der Waals surface area contributed by atoms with Crippen LogP contribution in [0, 0.1) is 0 Å². The van der Waals surface area contributed by atoms with Crippen LogP contribution in [-0.2, 0) is 29.1 Å². The van der Waals surface area contributed by atoms with E-state index < -0.39 is 9.70 Å². The van der Waals surface area contributed by atoms with Crippen molar-refractivity contribution in [3.8, 4) is 0 Å². The number of nitrogens with zero attached hydrogens (tertiary/aromatic N) is 3. The number of halogens is 3. The van der Waals surface area contributed by atoms with Gasteiger partial charge in [-0.2, -0.15) is 0 Å². The molecule has 0 spiro atoms. The maximum absolute atomic E-state index is 12.4. The Morgan fingerprint density at radius 3 is 2.53 bits per heavy atom. The van der Waals surface area contributed by atoms with E-state index in [0.29, 0.717) is 30.8 Å². The molecule has 0 saturated heterocycles. The molecule has 0 fully saturated rings. The number of carbonyl (C=O) groups is 1. The molecule has 6 nitrogen and oxygen atoms in total. The van der Waals surface area contributed by atoms with Crippen LogP contribution in [0.2, 0.25) is 0 Å². The molecule has 0 atom stereocenters. The number of nitrogens with one attached hydrogen (secondary N) is 1. The number of imidazole rings is 1. The molecule has 0 aliphatic carbocycles. The lowest BCUT2D eigenvalue weighted by atomic mass is 10.2. The van der Waals surface area contributed by atoms with Gasteiger partial charge in [0.1, 0.15) is 11.3 Å². The van der Waals surface area contributed by atoms with E-state index in [-0.39, 0.29) is 5.82 Å². The number of hydrogen-bond donors (Lipinski definition) is 1. The van der Waals surface area contributed by atoms with Crippen LogP contribution in [0.15, 0.2) is 54.6 Å². The van der Waals surface area contributed by atoms with Crippen molar-refractivity contribution < 1.29 is 9.53 Å². The number of anilines is 1. The van der Waals surface area contributed by atoms with Gasteiger partial charge in [0.05, 0.1) is 24.2 Å². The SMILES string of the molecule is CCCCc1nc2c(NC(=O)C(Cl)(Cl)Cl)nc3ccccc3c2n1CCOCc1ccccc1. The number of ether oxygens (including phenoxy) is 1. The van der Waals surface area contributed by atoms with Gasteiger partial charge in [0, 0.05) is 18.4 Å². The number of benzene rings is 2. The number of para-hydroxylation sites is 1. The van der Waals surface area contributed by atoms with Crippen LogP contribution >= 0.6 is 34.8 Å². The number of aryl methyl sites for hydroxylation is 1. The van der Waals surface area contributed by atoms with E-state index in [4.69, 9.17) is 44.5 Å². The minimum Gasteiger partial charge on any atom is -0.375 e. The lowest BCUT2D eigenvalue weighted by Crippen LogP contribution is -2.27. The highest BCUT2D eigenvalue weighted by Crippen LogP contribution is 2.33. The van der Waals surface area contributed by atoms with Crippen molar-refractivity contribution in [1.82, 2.24) is 14.5 Å². The molecule has 1 amide bonds. The molecule has 178 valence electrons. The van der Waals surface area contributed by atoms with E-state index in [2.05, 4.69) is 21.8 Å². The second-order valence-corrected chi connectivity index (χ2v) is 10.2. The summed E-state index contributed by atoms with van der Waals surface area (Å²) in [5.41, 5.74) is 3.27. The molecular formula is C25H25Cl3N4O2. The van der Waals surface area contributed by atoms with Gasteiger partial charge in [-0.3, -0.25) is 4.79 Å². The summed E-state index contributed by atoms with van der Waals surface area (Å²) >= 11 is 17.4. The second kappa shape index (κ2) is 10.9. The maximum atomic E-state index is 12.4. The molecule has 4 aromatic rings. The molecule has 2 aromatic carbocycles. The number of carbonyl (C=O) groups excluding carboxylic acids is 1. The van der Waals surface area contributed by atoms with E-state index in [0.717, 1.165) is 41.6 Å². The van der Waals surface area contributed by atoms with E-state index in [1.165, 1.54) is 0 Å². The van der Waals surface area contributed by atoms with E-state index >= 15 is 0 Å². The zero-order chi connectivity index (χ0) is 24.1. The molecule has 2 heterocycles. The van der Waals surface area contributed by atoms with Crippen LogP contribution in [-0.4, -0.2) is 30.8 Å². The van der Waals surface area contributed by atoms with Gasteiger partial charge >= 0.3 is 0 Å². The fourth-order valence-electron chi connectivity index (χ4n) is 3.83. The molecular weight excluding hydrogens is 495 g/mol. The van der Waals surface area contributed by atoms with Gasteiger partial charge in [-0.15, -0.1) is 0 Å².